The summed E-state index contributed by atoms with van der Waals surface area (Å²) in [6.45, 7) is 5.01. The SMILES string of the molecule is CC(C)(C)S(=O)(=O)Cc1ccc(C(=O)Cc2ccc(S(=O)(=O)NC3CCCCC3)cc2)cc1. The average Bonchev–Trinajstić information content (AvgIpc) is 2.74. The van der Waals surface area contributed by atoms with Gasteiger partial charge in [0.1, 0.15) is 0 Å². The van der Waals surface area contributed by atoms with Gasteiger partial charge in [0, 0.05) is 18.0 Å². The van der Waals surface area contributed by atoms with E-state index in [-0.39, 0.29) is 28.9 Å². The summed E-state index contributed by atoms with van der Waals surface area (Å²) in [4.78, 5) is 12.9. The van der Waals surface area contributed by atoms with Crippen LogP contribution in [0.1, 0.15) is 74.4 Å². The van der Waals surface area contributed by atoms with E-state index in [2.05, 4.69) is 4.72 Å². The molecule has 0 spiro atoms. The van der Waals surface area contributed by atoms with Crippen LogP contribution >= 0.6 is 0 Å². The summed E-state index contributed by atoms with van der Waals surface area (Å²) in [5.41, 5.74) is 1.85. The first-order valence-electron chi connectivity index (χ1n) is 11.3. The molecular formula is C25H33NO5S2. The quantitative estimate of drug-likeness (QED) is 0.551. The second kappa shape index (κ2) is 10.1. The number of sulfone groups is 1. The Bertz CT molecular complexity index is 1170. The molecule has 0 atom stereocenters. The van der Waals surface area contributed by atoms with Gasteiger partial charge in [-0.2, -0.15) is 0 Å². The maximum absolute atomic E-state index is 12.7. The van der Waals surface area contributed by atoms with E-state index in [1.54, 1.807) is 57.2 Å². The van der Waals surface area contributed by atoms with E-state index < -0.39 is 24.6 Å². The third kappa shape index (κ3) is 6.74. The van der Waals surface area contributed by atoms with E-state index in [1.807, 2.05) is 0 Å². The first kappa shape index (κ1) is 25.6. The van der Waals surface area contributed by atoms with Gasteiger partial charge in [0.05, 0.1) is 15.4 Å². The molecule has 0 radical (unpaired) electrons. The molecular weight excluding hydrogens is 458 g/mol. The van der Waals surface area contributed by atoms with Gasteiger partial charge in [-0.15, -0.1) is 0 Å². The summed E-state index contributed by atoms with van der Waals surface area (Å²) in [5, 5.41) is 0. The van der Waals surface area contributed by atoms with Gasteiger partial charge in [0.25, 0.3) is 0 Å². The number of sulfonamides is 1. The predicted molar refractivity (Wildman–Crippen MR) is 130 cm³/mol. The topological polar surface area (TPSA) is 97.4 Å². The second-order valence-corrected chi connectivity index (χ2v) is 14.2. The molecule has 6 nitrogen and oxygen atoms in total. The zero-order valence-corrected chi connectivity index (χ0v) is 21.1. The maximum Gasteiger partial charge on any atom is 0.240 e. The van der Waals surface area contributed by atoms with Crippen LogP contribution in [0.15, 0.2) is 53.4 Å². The number of hydrogen-bond donors (Lipinski definition) is 1. The van der Waals surface area contributed by atoms with Crippen LogP contribution in [-0.4, -0.2) is 33.4 Å². The van der Waals surface area contributed by atoms with Crippen molar-refractivity contribution in [1.82, 2.24) is 4.72 Å². The number of rotatable bonds is 8. The summed E-state index contributed by atoms with van der Waals surface area (Å²) in [6.07, 6.45) is 5.11. The van der Waals surface area contributed by atoms with Crippen LogP contribution in [0.25, 0.3) is 0 Å². The van der Waals surface area contributed by atoms with Gasteiger partial charge in [-0.3, -0.25) is 4.79 Å². The van der Waals surface area contributed by atoms with Gasteiger partial charge >= 0.3 is 0 Å². The zero-order chi connectivity index (χ0) is 24.3. The van der Waals surface area contributed by atoms with Crippen LogP contribution in [-0.2, 0) is 32.0 Å². The number of nitrogens with one attached hydrogen (secondary N) is 1. The number of carbonyl (C=O) groups excluding carboxylic acids is 1. The zero-order valence-electron chi connectivity index (χ0n) is 19.5. The lowest BCUT2D eigenvalue weighted by Gasteiger charge is -2.22. The van der Waals surface area contributed by atoms with Crippen LogP contribution in [0.3, 0.4) is 0 Å². The fourth-order valence-corrected chi connectivity index (χ4v) is 6.17. The molecule has 0 aliphatic heterocycles. The van der Waals surface area contributed by atoms with Crippen molar-refractivity contribution < 1.29 is 21.6 Å². The number of Topliss-reactive ketones (excluding diaryl/α,β-unsaturated/α-hetero) is 1. The Balaban J connectivity index is 1.62. The normalized spacial score (nSPS) is 16.0. The molecule has 1 N–H and O–H groups in total. The largest absolute Gasteiger partial charge is 0.294 e. The highest BCUT2D eigenvalue weighted by molar-refractivity contribution is 7.92. The molecule has 0 amide bonds. The lowest BCUT2D eigenvalue weighted by atomic mass is 9.96. The Kier molecular flexibility index (Phi) is 7.81. The number of ketones is 1. The minimum absolute atomic E-state index is 0.00800. The monoisotopic (exact) mass is 491 g/mol. The molecule has 3 rings (SSSR count). The van der Waals surface area contributed by atoms with Crippen molar-refractivity contribution in [2.75, 3.05) is 0 Å². The number of carbonyl (C=O) groups is 1. The Labute approximate surface area is 197 Å². The molecule has 1 saturated carbocycles. The number of benzene rings is 2. The maximum atomic E-state index is 12.7. The molecule has 0 aromatic heterocycles. The number of hydrogen-bond acceptors (Lipinski definition) is 5. The summed E-state index contributed by atoms with van der Waals surface area (Å²) in [6, 6.07) is 13.0. The summed E-state index contributed by atoms with van der Waals surface area (Å²) in [7, 11) is -6.87. The third-order valence-corrected chi connectivity index (χ3v) is 10.2. The van der Waals surface area contributed by atoms with Gasteiger partial charge in [0.2, 0.25) is 10.0 Å². The van der Waals surface area contributed by atoms with Crippen molar-refractivity contribution in [3.8, 4) is 0 Å². The highest BCUT2D eigenvalue weighted by Gasteiger charge is 2.29. The van der Waals surface area contributed by atoms with E-state index in [4.69, 9.17) is 0 Å². The van der Waals surface area contributed by atoms with Gasteiger partial charge < -0.3 is 0 Å². The van der Waals surface area contributed by atoms with E-state index in [0.717, 1.165) is 37.7 Å². The van der Waals surface area contributed by atoms with Crippen molar-refractivity contribution in [2.45, 2.75) is 80.7 Å². The minimum atomic E-state index is -3.57. The summed E-state index contributed by atoms with van der Waals surface area (Å²) >= 11 is 0. The van der Waals surface area contributed by atoms with Crippen LogP contribution in [0.2, 0.25) is 0 Å². The minimum Gasteiger partial charge on any atom is -0.294 e. The van der Waals surface area contributed by atoms with Crippen LogP contribution in [0, 0.1) is 0 Å². The lowest BCUT2D eigenvalue weighted by Crippen LogP contribution is -2.36. The Morgan fingerprint density at radius 3 is 1.94 bits per heavy atom. The highest BCUT2D eigenvalue weighted by Crippen LogP contribution is 2.22. The highest BCUT2D eigenvalue weighted by atomic mass is 32.2. The smallest absolute Gasteiger partial charge is 0.240 e. The van der Waals surface area contributed by atoms with Crippen molar-refractivity contribution >= 4 is 25.6 Å². The van der Waals surface area contributed by atoms with Gasteiger partial charge in [-0.1, -0.05) is 55.7 Å². The van der Waals surface area contributed by atoms with Crippen molar-refractivity contribution in [1.29, 1.82) is 0 Å². The molecule has 0 bridgehead atoms. The molecule has 1 aliphatic rings. The van der Waals surface area contributed by atoms with Crippen molar-refractivity contribution in [3.05, 3.63) is 65.2 Å². The van der Waals surface area contributed by atoms with Gasteiger partial charge in [0.15, 0.2) is 15.6 Å². The Morgan fingerprint density at radius 2 is 1.39 bits per heavy atom. The third-order valence-electron chi connectivity index (χ3n) is 6.09. The van der Waals surface area contributed by atoms with E-state index in [0.29, 0.717) is 11.1 Å². The Morgan fingerprint density at radius 1 is 0.848 bits per heavy atom. The summed E-state index contributed by atoms with van der Waals surface area (Å²) in [5.74, 6) is -0.188. The van der Waals surface area contributed by atoms with Crippen molar-refractivity contribution in [2.24, 2.45) is 0 Å². The lowest BCUT2D eigenvalue weighted by molar-refractivity contribution is 0.0993. The fourth-order valence-electron chi connectivity index (χ4n) is 3.80. The molecule has 0 unspecified atom stereocenters. The van der Waals surface area contributed by atoms with E-state index in [1.165, 1.54) is 12.1 Å². The predicted octanol–water partition coefficient (Wildman–Crippen LogP) is 4.44. The van der Waals surface area contributed by atoms with Crippen LogP contribution in [0.4, 0.5) is 0 Å². The molecule has 1 fully saturated rings. The molecule has 8 heteroatoms. The standard InChI is InChI=1S/C25H33NO5S2/c1-25(2,3)32(28,29)18-20-9-13-21(14-10-20)24(27)17-19-11-15-23(16-12-19)33(30,31)26-22-7-5-4-6-8-22/h9-16,22,26H,4-8,17-18H2,1-3H3. The molecule has 180 valence electrons. The van der Waals surface area contributed by atoms with E-state index >= 15 is 0 Å². The van der Waals surface area contributed by atoms with Crippen LogP contribution in [0.5, 0.6) is 0 Å². The van der Waals surface area contributed by atoms with Crippen molar-refractivity contribution in [3.63, 3.8) is 0 Å². The average molecular weight is 492 g/mol. The molecule has 2 aromatic carbocycles. The first-order chi connectivity index (χ1) is 15.4. The summed E-state index contributed by atoms with van der Waals surface area (Å²) < 4.78 is 52.0. The second-order valence-electron chi connectivity index (χ2n) is 9.77. The van der Waals surface area contributed by atoms with Gasteiger partial charge in [-0.25, -0.2) is 21.6 Å². The molecule has 33 heavy (non-hydrogen) atoms. The fraction of sp³-hybridized carbons (Fsp3) is 0.480. The van der Waals surface area contributed by atoms with Crippen LogP contribution < -0.4 is 4.72 Å². The molecule has 0 heterocycles. The molecule has 2 aromatic rings. The van der Waals surface area contributed by atoms with Gasteiger partial charge in [-0.05, 0) is 56.9 Å². The molecule has 1 aliphatic carbocycles. The first-order valence-corrected chi connectivity index (χ1v) is 14.5. The van der Waals surface area contributed by atoms with E-state index in [9.17, 15) is 21.6 Å². The molecule has 0 saturated heterocycles. The Hall–Kier alpha value is -2.03.